The fourth-order valence-electron chi connectivity index (χ4n) is 8.70. The highest BCUT2D eigenvalue weighted by molar-refractivity contribution is 5.88. The fourth-order valence-corrected chi connectivity index (χ4v) is 8.70. The van der Waals surface area contributed by atoms with E-state index in [1.165, 1.54) is 11.1 Å². The van der Waals surface area contributed by atoms with Crippen molar-refractivity contribution in [3.63, 3.8) is 0 Å². The number of piperidine rings is 1. The number of esters is 1. The summed E-state index contributed by atoms with van der Waals surface area (Å²) in [6, 6.07) is 3.72. The van der Waals surface area contributed by atoms with Gasteiger partial charge >= 0.3 is 5.97 Å². The van der Waals surface area contributed by atoms with Crippen LogP contribution < -0.4 is 14.8 Å². The molecule has 0 unspecified atom stereocenters. The third kappa shape index (κ3) is 3.04. The first-order chi connectivity index (χ1) is 18.2. The number of likely N-dealkylation sites (tertiary alicyclic amines) is 1. The number of amides is 1. The second-order valence-electron chi connectivity index (χ2n) is 12.2. The van der Waals surface area contributed by atoms with Crippen LogP contribution in [0.25, 0.3) is 0 Å². The number of carbonyl (C=O) groups is 2. The van der Waals surface area contributed by atoms with E-state index < -0.39 is 17.6 Å². The lowest BCUT2D eigenvalue weighted by atomic mass is 9.37. The minimum atomic E-state index is -0.970. The van der Waals surface area contributed by atoms with Gasteiger partial charge in [-0.15, -0.1) is 0 Å². The number of benzene rings is 1. The Balaban J connectivity index is 1.46. The van der Waals surface area contributed by atoms with Crippen LogP contribution in [0.4, 0.5) is 0 Å². The topological polar surface area (TPSA) is 86.3 Å². The van der Waals surface area contributed by atoms with Gasteiger partial charge in [0.2, 0.25) is 5.91 Å². The van der Waals surface area contributed by atoms with Crippen LogP contribution in [0.15, 0.2) is 24.3 Å². The Morgan fingerprint density at radius 1 is 1.24 bits per heavy atom. The standard InChI is InChI=1S/C30H40N2O6/c1-7-37-26(34)20(14-17(2)3)31-25(33)19-16-28-10-11-30(19,36-6)27-29(28)12-13-32(4)22(28)15-18-8-9-21(35-5)24(38-27)23(18)29/h8-11,17,19-20,22,27H,7,12-16H2,1-6H3,(H,31,33)/t19-,20+,22+,27+,28-,29+,30+/m1/s1. The van der Waals surface area contributed by atoms with Gasteiger partial charge in [-0.2, -0.15) is 0 Å². The third-order valence-electron chi connectivity index (χ3n) is 10.2. The smallest absolute Gasteiger partial charge is 0.328 e. The van der Waals surface area contributed by atoms with E-state index >= 15 is 0 Å². The summed E-state index contributed by atoms with van der Waals surface area (Å²) >= 11 is 0. The van der Waals surface area contributed by atoms with Gasteiger partial charge in [-0.1, -0.05) is 32.1 Å². The van der Waals surface area contributed by atoms with Gasteiger partial charge in [0.25, 0.3) is 0 Å². The van der Waals surface area contributed by atoms with Gasteiger partial charge in [0.1, 0.15) is 17.7 Å². The molecule has 1 aromatic carbocycles. The van der Waals surface area contributed by atoms with Gasteiger partial charge < -0.3 is 29.2 Å². The molecule has 8 heteroatoms. The maximum absolute atomic E-state index is 14.2. The van der Waals surface area contributed by atoms with E-state index in [2.05, 4.69) is 35.5 Å². The van der Waals surface area contributed by atoms with Crippen molar-refractivity contribution >= 4 is 11.9 Å². The number of likely N-dealkylation sites (N-methyl/N-ethyl adjacent to an activating group) is 1. The van der Waals surface area contributed by atoms with Crippen LogP contribution in [-0.4, -0.2) is 75.0 Å². The third-order valence-corrected chi connectivity index (χ3v) is 10.2. The lowest BCUT2D eigenvalue weighted by Crippen LogP contribution is -2.80. The highest BCUT2D eigenvalue weighted by Gasteiger charge is 2.79. The maximum Gasteiger partial charge on any atom is 0.328 e. The molecule has 2 fully saturated rings. The Bertz CT molecular complexity index is 1200. The number of fused-ring (bicyclic) bond motifs is 1. The van der Waals surface area contributed by atoms with Crippen LogP contribution in [0.3, 0.4) is 0 Å². The molecular weight excluding hydrogens is 484 g/mol. The molecule has 206 valence electrons. The summed E-state index contributed by atoms with van der Waals surface area (Å²) in [5.74, 6) is 0.664. The van der Waals surface area contributed by atoms with E-state index in [4.69, 9.17) is 18.9 Å². The van der Waals surface area contributed by atoms with Crippen molar-refractivity contribution in [2.45, 2.75) is 75.7 Å². The Hall–Kier alpha value is -2.58. The first-order valence-corrected chi connectivity index (χ1v) is 14.0. The number of nitrogens with zero attached hydrogens (tertiary/aromatic N) is 1. The molecule has 0 radical (unpaired) electrons. The second-order valence-corrected chi connectivity index (χ2v) is 12.2. The van der Waals surface area contributed by atoms with E-state index in [9.17, 15) is 9.59 Å². The molecule has 0 aromatic heterocycles. The van der Waals surface area contributed by atoms with Crippen molar-refractivity contribution in [1.29, 1.82) is 0 Å². The minimum absolute atomic E-state index is 0.179. The summed E-state index contributed by atoms with van der Waals surface area (Å²) in [5.41, 5.74) is 0.983. The maximum atomic E-state index is 14.2. The molecule has 6 aliphatic rings. The summed E-state index contributed by atoms with van der Waals surface area (Å²) in [6.45, 7) is 7.08. The molecule has 4 bridgehead atoms. The number of nitrogens with one attached hydrogen (secondary N) is 1. The average molecular weight is 525 g/mol. The van der Waals surface area contributed by atoms with Crippen molar-refractivity contribution in [2.24, 2.45) is 17.3 Å². The summed E-state index contributed by atoms with van der Waals surface area (Å²) < 4.78 is 24.4. The second kappa shape index (κ2) is 8.71. The average Bonchev–Trinajstić information content (AvgIpc) is 3.27. The van der Waals surface area contributed by atoms with Crippen molar-refractivity contribution in [1.82, 2.24) is 10.2 Å². The quantitative estimate of drug-likeness (QED) is 0.413. The normalized spacial score (nSPS) is 36.4. The first kappa shape index (κ1) is 25.7. The van der Waals surface area contributed by atoms with Crippen LogP contribution in [0.5, 0.6) is 11.5 Å². The summed E-state index contributed by atoms with van der Waals surface area (Å²) in [7, 11) is 5.55. The predicted octanol–water partition coefficient (Wildman–Crippen LogP) is 3.01. The molecule has 1 aromatic rings. The summed E-state index contributed by atoms with van der Waals surface area (Å²) in [6.07, 6.45) is 7.02. The summed E-state index contributed by atoms with van der Waals surface area (Å²) in [5, 5.41) is 3.08. The van der Waals surface area contributed by atoms with E-state index in [-0.39, 0.29) is 47.4 Å². The molecule has 2 heterocycles. The number of methoxy groups -OCH3 is 2. The predicted molar refractivity (Wildman–Crippen MR) is 141 cm³/mol. The van der Waals surface area contributed by atoms with Gasteiger partial charge in [-0.05, 0) is 63.7 Å². The van der Waals surface area contributed by atoms with E-state index in [0.717, 1.165) is 30.9 Å². The Kier molecular flexibility index (Phi) is 5.89. The molecule has 2 aliphatic heterocycles. The highest BCUT2D eigenvalue weighted by atomic mass is 16.6. The molecule has 2 spiro atoms. The van der Waals surface area contributed by atoms with Crippen LogP contribution >= 0.6 is 0 Å². The van der Waals surface area contributed by atoms with E-state index in [1.54, 1.807) is 21.1 Å². The van der Waals surface area contributed by atoms with Gasteiger partial charge in [-0.25, -0.2) is 4.79 Å². The van der Waals surface area contributed by atoms with Gasteiger partial charge in [-0.3, -0.25) is 4.79 Å². The Morgan fingerprint density at radius 2 is 2.03 bits per heavy atom. The van der Waals surface area contributed by atoms with Crippen molar-refractivity contribution in [3.05, 3.63) is 35.4 Å². The molecule has 8 nitrogen and oxygen atoms in total. The monoisotopic (exact) mass is 524 g/mol. The zero-order valence-electron chi connectivity index (χ0n) is 23.3. The fraction of sp³-hybridized carbons (Fsp3) is 0.667. The zero-order chi connectivity index (χ0) is 27.0. The minimum Gasteiger partial charge on any atom is -0.493 e. The van der Waals surface area contributed by atoms with Gasteiger partial charge in [0, 0.05) is 24.1 Å². The molecule has 1 N–H and O–H groups in total. The van der Waals surface area contributed by atoms with Crippen LogP contribution in [0.1, 0.15) is 51.2 Å². The number of rotatable bonds is 8. The Labute approximate surface area is 225 Å². The number of ether oxygens (including phenoxy) is 4. The number of hydrogen-bond acceptors (Lipinski definition) is 7. The molecule has 1 saturated heterocycles. The Morgan fingerprint density at radius 3 is 2.71 bits per heavy atom. The SMILES string of the molecule is CCOC(=O)[C@H](CC(C)C)NC(=O)[C@H]1C[C@@]23C=C[C@@]1(OC)[C@H]1Oc4c(OC)ccc5c4[C@@]12CCN(C)[C@H]3C5. The molecule has 38 heavy (non-hydrogen) atoms. The van der Waals surface area contributed by atoms with Gasteiger partial charge in [0.05, 0.1) is 25.0 Å². The van der Waals surface area contributed by atoms with Crippen LogP contribution in [0.2, 0.25) is 0 Å². The highest BCUT2D eigenvalue weighted by Crippen LogP contribution is 2.74. The van der Waals surface area contributed by atoms with Crippen molar-refractivity contribution in [3.8, 4) is 11.5 Å². The van der Waals surface area contributed by atoms with Crippen molar-refractivity contribution in [2.75, 3.05) is 34.4 Å². The molecule has 4 aliphatic carbocycles. The lowest BCUT2D eigenvalue weighted by Gasteiger charge is -2.70. The molecule has 7 rings (SSSR count). The van der Waals surface area contributed by atoms with Crippen LogP contribution in [-0.2, 0) is 30.9 Å². The zero-order valence-corrected chi connectivity index (χ0v) is 23.3. The molecule has 7 atom stereocenters. The van der Waals surface area contributed by atoms with E-state index in [1.807, 2.05) is 19.9 Å². The number of hydrogen-bond donors (Lipinski definition) is 1. The first-order valence-electron chi connectivity index (χ1n) is 14.0. The lowest BCUT2D eigenvalue weighted by molar-refractivity contribution is -0.214. The van der Waals surface area contributed by atoms with Gasteiger partial charge in [0.15, 0.2) is 11.5 Å². The largest absolute Gasteiger partial charge is 0.493 e. The van der Waals surface area contributed by atoms with E-state index in [0.29, 0.717) is 12.8 Å². The number of carbonyl (C=O) groups excluding carboxylic acids is 2. The van der Waals surface area contributed by atoms with Crippen molar-refractivity contribution < 1.29 is 28.5 Å². The molecular formula is C30H40N2O6. The summed E-state index contributed by atoms with van der Waals surface area (Å²) in [4.78, 5) is 29.4. The molecule has 1 amide bonds. The van der Waals surface area contributed by atoms with Crippen LogP contribution in [0, 0.1) is 17.3 Å². The molecule has 1 saturated carbocycles.